The lowest BCUT2D eigenvalue weighted by atomic mass is 10.2. The van der Waals surface area contributed by atoms with Crippen LogP contribution < -0.4 is 0 Å². The van der Waals surface area contributed by atoms with E-state index in [1.807, 2.05) is 67.6 Å². The Kier molecular flexibility index (Phi) is 5.04. The fourth-order valence-corrected chi connectivity index (χ4v) is 5.35. The van der Waals surface area contributed by atoms with E-state index in [0.717, 1.165) is 15.4 Å². The Bertz CT molecular complexity index is 851. The first-order valence-electron chi connectivity index (χ1n) is 7.42. The van der Waals surface area contributed by atoms with E-state index in [9.17, 15) is 8.42 Å². The normalized spacial score (nSPS) is 11.6. The zero-order chi connectivity index (χ0) is 17.0. The second kappa shape index (κ2) is 7.21. The Morgan fingerprint density at radius 2 is 1.17 bits per heavy atom. The molecule has 0 aromatic heterocycles. The summed E-state index contributed by atoms with van der Waals surface area (Å²) in [5.41, 5.74) is 0.999. The molecule has 5 heteroatoms. The zero-order valence-electron chi connectivity index (χ0n) is 13.1. The van der Waals surface area contributed by atoms with Gasteiger partial charge in [-0.15, -0.1) is 0 Å². The molecule has 122 valence electrons. The molecule has 0 N–H and O–H groups in total. The molecule has 24 heavy (non-hydrogen) atoms. The lowest BCUT2D eigenvalue weighted by Crippen LogP contribution is -2.15. The van der Waals surface area contributed by atoms with Crippen molar-refractivity contribution >= 4 is 21.3 Å². The van der Waals surface area contributed by atoms with Crippen LogP contribution in [0, 0.1) is 6.92 Å². The summed E-state index contributed by atoms with van der Waals surface area (Å²) < 4.78 is 31.0. The van der Waals surface area contributed by atoms with Gasteiger partial charge in [0.2, 0.25) is 11.2 Å². The third kappa shape index (κ3) is 3.87. The van der Waals surface area contributed by atoms with Gasteiger partial charge in [-0.3, -0.25) is 0 Å². The summed E-state index contributed by atoms with van der Waals surface area (Å²) in [6.07, 6.45) is 0. The van der Waals surface area contributed by atoms with Gasteiger partial charge >= 0.3 is 10.1 Å². The van der Waals surface area contributed by atoms with Crippen LogP contribution in [0.1, 0.15) is 5.56 Å². The first-order chi connectivity index (χ1) is 11.6. The summed E-state index contributed by atoms with van der Waals surface area (Å²) in [6.45, 7) is 1.91. The van der Waals surface area contributed by atoms with Gasteiger partial charge < -0.3 is 0 Å². The maximum absolute atomic E-state index is 12.7. The molecular weight excluding hydrogens is 340 g/mol. The molecule has 0 unspecified atom stereocenters. The highest BCUT2D eigenvalue weighted by molar-refractivity contribution is 8.02. The van der Waals surface area contributed by atoms with Crippen LogP contribution in [0.2, 0.25) is 0 Å². The van der Waals surface area contributed by atoms with E-state index >= 15 is 0 Å². The number of hydrogen-bond acceptors (Lipinski definition) is 3. The Morgan fingerprint density at radius 3 is 1.62 bits per heavy atom. The summed E-state index contributed by atoms with van der Waals surface area (Å²) in [5.74, 6) is 0. The van der Waals surface area contributed by atoms with Gasteiger partial charge in [-0.25, -0.2) is 0 Å². The molecule has 3 aromatic rings. The lowest BCUT2D eigenvalue weighted by molar-refractivity contribution is 0.512. The molecular formula is C19H17O3S2+. The largest absolute Gasteiger partial charge is 0.341 e. The standard InChI is InChI=1S/C19H17O3S2/c1-16-12-14-19(15-13-16)24(20,21)22-23(17-8-4-2-5-9-17)18-10-6-3-7-11-18/h2-15H,1H3/q+1. The van der Waals surface area contributed by atoms with Gasteiger partial charge in [0.15, 0.2) is 9.79 Å². The van der Waals surface area contributed by atoms with Crippen LogP contribution >= 0.6 is 0 Å². The van der Waals surface area contributed by atoms with Gasteiger partial charge in [0.25, 0.3) is 0 Å². The quantitative estimate of drug-likeness (QED) is 0.638. The summed E-state index contributed by atoms with van der Waals surface area (Å²) >= 11 is -1.01. The zero-order valence-corrected chi connectivity index (χ0v) is 14.8. The highest BCUT2D eigenvalue weighted by Gasteiger charge is 2.35. The van der Waals surface area contributed by atoms with Crippen molar-refractivity contribution < 1.29 is 12.0 Å². The van der Waals surface area contributed by atoms with Gasteiger partial charge in [0.1, 0.15) is 0 Å². The van der Waals surface area contributed by atoms with E-state index in [1.54, 1.807) is 24.3 Å². The Labute approximate surface area is 145 Å². The molecule has 0 spiro atoms. The summed E-state index contributed by atoms with van der Waals surface area (Å²) in [5, 5.41) is 0. The Morgan fingerprint density at radius 1 is 0.708 bits per heavy atom. The summed E-state index contributed by atoms with van der Waals surface area (Å²) in [7, 11) is -3.86. The summed E-state index contributed by atoms with van der Waals surface area (Å²) in [6, 6.07) is 25.5. The predicted molar refractivity (Wildman–Crippen MR) is 96.2 cm³/mol. The van der Waals surface area contributed by atoms with E-state index in [2.05, 4.69) is 0 Å². The molecule has 0 amide bonds. The van der Waals surface area contributed by atoms with E-state index in [1.165, 1.54) is 0 Å². The molecule has 3 nitrogen and oxygen atoms in total. The molecule has 0 aliphatic carbocycles. The van der Waals surface area contributed by atoms with E-state index in [0.29, 0.717) is 0 Å². The first-order valence-corrected chi connectivity index (χ1v) is 9.98. The molecule has 3 aromatic carbocycles. The molecule has 0 radical (unpaired) electrons. The number of rotatable bonds is 5. The first kappa shape index (κ1) is 16.8. The SMILES string of the molecule is Cc1ccc(S(=O)(=O)O[S+](c2ccccc2)c2ccccc2)cc1. The maximum atomic E-state index is 12.7. The van der Waals surface area contributed by atoms with Crippen LogP contribution in [0.4, 0.5) is 0 Å². The van der Waals surface area contributed by atoms with Gasteiger partial charge in [-0.1, -0.05) is 54.1 Å². The van der Waals surface area contributed by atoms with E-state index < -0.39 is 21.3 Å². The second-order valence-corrected chi connectivity index (χ2v) is 8.63. The van der Waals surface area contributed by atoms with Crippen LogP contribution in [0.5, 0.6) is 0 Å². The molecule has 0 fully saturated rings. The molecule has 0 saturated carbocycles. The number of hydrogen-bond donors (Lipinski definition) is 0. The molecule has 0 bridgehead atoms. The van der Waals surface area contributed by atoms with Gasteiger partial charge in [0, 0.05) is 0 Å². The highest BCUT2D eigenvalue weighted by Crippen LogP contribution is 2.28. The Balaban J connectivity index is 1.99. The Hall–Kier alpha value is -2.08. The van der Waals surface area contributed by atoms with Gasteiger partial charge in [0.05, 0.1) is 4.90 Å². The van der Waals surface area contributed by atoms with Crippen molar-refractivity contribution in [2.75, 3.05) is 0 Å². The number of benzene rings is 3. The third-order valence-corrected chi connectivity index (χ3v) is 6.89. The van der Waals surface area contributed by atoms with E-state index in [4.69, 9.17) is 3.63 Å². The minimum Gasteiger partial charge on any atom is -0.190 e. The lowest BCUT2D eigenvalue weighted by Gasteiger charge is -2.07. The van der Waals surface area contributed by atoms with Crippen LogP contribution in [0.3, 0.4) is 0 Å². The molecule has 3 rings (SSSR count). The van der Waals surface area contributed by atoms with Crippen molar-refractivity contribution in [2.45, 2.75) is 21.6 Å². The van der Waals surface area contributed by atoms with Crippen molar-refractivity contribution in [2.24, 2.45) is 0 Å². The smallest absolute Gasteiger partial charge is 0.190 e. The monoisotopic (exact) mass is 357 g/mol. The van der Waals surface area contributed by atoms with Crippen molar-refractivity contribution in [3.8, 4) is 0 Å². The predicted octanol–water partition coefficient (Wildman–Crippen LogP) is 4.35. The molecule has 0 aliphatic heterocycles. The third-order valence-electron chi connectivity index (χ3n) is 3.38. The highest BCUT2D eigenvalue weighted by atomic mass is 32.3. The average molecular weight is 357 g/mol. The van der Waals surface area contributed by atoms with Crippen LogP contribution in [0.15, 0.2) is 99.6 Å². The van der Waals surface area contributed by atoms with Gasteiger partial charge in [-0.2, -0.15) is 8.42 Å². The topological polar surface area (TPSA) is 43.4 Å². The maximum Gasteiger partial charge on any atom is 0.341 e. The van der Waals surface area contributed by atoms with Crippen molar-refractivity contribution in [1.29, 1.82) is 0 Å². The summed E-state index contributed by atoms with van der Waals surface area (Å²) in [4.78, 5) is 1.80. The van der Waals surface area contributed by atoms with Crippen LogP contribution in [-0.2, 0) is 24.9 Å². The van der Waals surface area contributed by atoms with E-state index in [-0.39, 0.29) is 4.90 Å². The van der Waals surface area contributed by atoms with Gasteiger partial charge in [-0.05, 0) is 47.0 Å². The molecule has 0 aliphatic rings. The number of aryl methyl sites for hydroxylation is 1. The minimum absolute atomic E-state index is 0.164. The molecule has 0 saturated heterocycles. The van der Waals surface area contributed by atoms with Crippen molar-refractivity contribution in [1.82, 2.24) is 0 Å². The fourth-order valence-electron chi connectivity index (χ4n) is 2.14. The minimum atomic E-state index is -3.86. The average Bonchev–Trinajstić information content (AvgIpc) is 2.62. The second-order valence-electron chi connectivity index (χ2n) is 5.23. The molecule has 0 atom stereocenters. The fraction of sp³-hybridized carbons (Fsp3) is 0.0526. The van der Waals surface area contributed by atoms with Crippen molar-refractivity contribution in [3.63, 3.8) is 0 Å². The van der Waals surface area contributed by atoms with Crippen LogP contribution in [-0.4, -0.2) is 8.42 Å². The van der Waals surface area contributed by atoms with Crippen LogP contribution in [0.25, 0.3) is 0 Å². The van der Waals surface area contributed by atoms with Crippen molar-refractivity contribution in [3.05, 3.63) is 90.5 Å². The molecule has 0 heterocycles.